The lowest BCUT2D eigenvalue weighted by molar-refractivity contribution is -0.319. The SMILES string of the molecule is CCCC1(F)OC(F)(F)C(F)(CCC)C1(F)F. The van der Waals surface area contributed by atoms with Crippen LogP contribution in [-0.2, 0) is 4.74 Å². The topological polar surface area (TPSA) is 9.23 Å². The van der Waals surface area contributed by atoms with E-state index in [9.17, 15) is 26.3 Å². The molecule has 1 fully saturated rings. The molecule has 0 bridgehead atoms. The first-order valence-electron chi connectivity index (χ1n) is 5.41. The Balaban J connectivity index is 3.22. The van der Waals surface area contributed by atoms with Gasteiger partial charge in [-0.05, 0) is 6.42 Å². The van der Waals surface area contributed by atoms with Crippen LogP contribution in [0, 0.1) is 0 Å². The van der Waals surface area contributed by atoms with Crippen molar-refractivity contribution in [3.8, 4) is 0 Å². The second-order valence-electron chi connectivity index (χ2n) is 4.22. The molecule has 0 amide bonds. The van der Waals surface area contributed by atoms with Crippen molar-refractivity contribution in [2.45, 2.75) is 63.1 Å². The zero-order chi connectivity index (χ0) is 13.5. The van der Waals surface area contributed by atoms with Crippen LogP contribution in [0.1, 0.15) is 39.5 Å². The quantitative estimate of drug-likeness (QED) is 0.691. The van der Waals surface area contributed by atoms with Gasteiger partial charge in [0, 0.05) is 6.42 Å². The Labute approximate surface area is 95.1 Å². The van der Waals surface area contributed by atoms with Crippen molar-refractivity contribution in [3.63, 3.8) is 0 Å². The van der Waals surface area contributed by atoms with Crippen LogP contribution >= 0.6 is 0 Å². The molecule has 0 aromatic heterocycles. The fourth-order valence-corrected chi connectivity index (χ4v) is 2.00. The van der Waals surface area contributed by atoms with Gasteiger partial charge in [-0.2, -0.15) is 17.6 Å². The molecule has 1 nitrogen and oxygen atoms in total. The summed E-state index contributed by atoms with van der Waals surface area (Å²) in [6.07, 6.45) is -7.40. The summed E-state index contributed by atoms with van der Waals surface area (Å²) in [6, 6.07) is 0. The van der Waals surface area contributed by atoms with Crippen molar-refractivity contribution < 1.29 is 31.1 Å². The highest BCUT2D eigenvalue weighted by Gasteiger charge is 2.86. The van der Waals surface area contributed by atoms with Crippen LogP contribution in [0.3, 0.4) is 0 Å². The van der Waals surface area contributed by atoms with E-state index in [1.165, 1.54) is 13.8 Å². The normalized spacial score (nSPS) is 39.5. The fourth-order valence-electron chi connectivity index (χ4n) is 2.00. The van der Waals surface area contributed by atoms with Gasteiger partial charge in [-0.3, -0.25) is 4.74 Å². The minimum Gasteiger partial charge on any atom is -0.274 e. The molecule has 1 aliphatic heterocycles. The predicted molar refractivity (Wildman–Crippen MR) is 48.5 cm³/mol. The summed E-state index contributed by atoms with van der Waals surface area (Å²) < 4.78 is 84.4. The first-order valence-corrected chi connectivity index (χ1v) is 5.41. The molecule has 0 spiro atoms. The number of alkyl halides is 6. The lowest BCUT2D eigenvalue weighted by atomic mass is 9.88. The molecule has 1 saturated heterocycles. The Morgan fingerprint density at radius 3 is 1.71 bits per heavy atom. The van der Waals surface area contributed by atoms with Gasteiger partial charge in [0.25, 0.3) is 11.5 Å². The third-order valence-electron chi connectivity index (χ3n) is 2.88. The maximum atomic E-state index is 13.8. The molecule has 1 rings (SSSR count). The van der Waals surface area contributed by atoms with Gasteiger partial charge in [0.15, 0.2) is 0 Å². The van der Waals surface area contributed by atoms with Crippen LogP contribution in [0.2, 0.25) is 0 Å². The smallest absolute Gasteiger partial charge is 0.274 e. The molecule has 17 heavy (non-hydrogen) atoms. The van der Waals surface area contributed by atoms with Gasteiger partial charge in [-0.1, -0.05) is 26.7 Å². The van der Waals surface area contributed by atoms with Gasteiger partial charge in [-0.25, -0.2) is 8.78 Å². The van der Waals surface area contributed by atoms with Gasteiger partial charge >= 0.3 is 12.0 Å². The Morgan fingerprint density at radius 2 is 1.29 bits per heavy atom. The molecule has 1 heterocycles. The zero-order valence-electron chi connectivity index (χ0n) is 9.50. The maximum absolute atomic E-state index is 13.8. The van der Waals surface area contributed by atoms with Crippen LogP contribution in [0.5, 0.6) is 0 Å². The van der Waals surface area contributed by atoms with E-state index in [4.69, 9.17) is 0 Å². The zero-order valence-corrected chi connectivity index (χ0v) is 9.50. The second-order valence-corrected chi connectivity index (χ2v) is 4.22. The van der Waals surface area contributed by atoms with Gasteiger partial charge < -0.3 is 0 Å². The highest BCUT2D eigenvalue weighted by molar-refractivity contribution is 5.13. The fraction of sp³-hybridized carbons (Fsp3) is 1.00. The summed E-state index contributed by atoms with van der Waals surface area (Å²) in [6.45, 7) is 2.57. The van der Waals surface area contributed by atoms with E-state index >= 15 is 0 Å². The average Bonchev–Trinajstić information content (AvgIpc) is 2.24. The number of ether oxygens (including phenoxy) is 1. The van der Waals surface area contributed by atoms with Crippen molar-refractivity contribution >= 4 is 0 Å². The van der Waals surface area contributed by atoms with Gasteiger partial charge in [0.1, 0.15) is 0 Å². The summed E-state index contributed by atoms with van der Waals surface area (Å²) in [5, 5.41) is 0. The van der Waals surface area contributed by atoms with Gasteiger partial charge in [0.2, 0.25) is 0 Å². The number of rotatable bonds is 4. The standard InChI is InChI=1S/C10H14F6O/c1-3-5-7(11)9(13,14)8(12,6-4-2)17-10(7,15)16/h3-6H2,1-2H3. The summed E-state index contributed by atoms with van der Waals surface area (Å²) >= 11 is 0. The minimum absolute atomic E-state index is 0.162. The van der Waals surface area contributed by atoms with E-state index in [0.717, 1.165) is 0 Å². The molecule has 0 aromatic carbocycles. The van der Waals surface area contributed by atoms with Gasteiger partial charge in [-0.15, -0.1) is 0 Å². The van der Waals surface area contributed by atoms with Crippen molar-refractivity contribution in [1.82, 2.24) is 0 Å². The highest BCUT2D eigenvalue weighted by atomic mass is 19.3. The van der Waals surface area contributed by atoms with Crippen molar-refractivity contribution in [2.75, 3.05) is 0 Å². The average molecular weight is 264 g/mol. The third kappa shape index (κ3) is 1.73. The van der Waals surface area contributed by atoms with Crippen molar-refractivity contribution in [1.29, 1.82) is 0 Å². The molecule has 0 aromatic rings. The molecule has 0 saturated carbocycles. The highest BCUT2D eigenvalue weighted by Crippen LogP contribution is 2.62. The number of hydrogen-bond donors (Lipinski definition) is 0. The van der Waals surface area contributed by atoms with Crippen molar-refractivity contribution in [2.24, 2.45) is 0 Å². The van der Waals surface area contributed by atoms with Crippen LogP contribution in [0.4, 0.5) is 26.3 Å². The van der Waals surface area contributed by atoms with Crippen LogP contribution < -0.4 is 0 Å². The first kappa shape index (κ1) is 14.6. The third-order valence-corrected chi connectivity index (χ3v) is 2.88. The molecular weight excluding hydrogens is 250 g/mol. The molecule has 2 unspecified atom stereocenters. The molecule has 7 heteroatoms. The summed E-state index contributed by atoms with van der Waals surface area (Å²) in [5.74, 6) is -8.81. The van der Waals surface area contributed by atoms with E-state index < -0.39 is 36.4 Å². The Morgan fingerprint density at radius 1 is 0.824 bits per heavy atom. The van der Waals surface area contributed by atoms with E-state index in [1.807, 2.05) is 0 Å². The van der Waals surface area contributed by atoms with Crippen molar-refractivity contribution in [3.05, 3.63) is 0 Å². The summed E-state index contributed by atoms with van der Waals surface area (Å²) in [7, 11) is 0. The summed E-state index contributed by atoms with van der Waals surface area (Å²) in [5.41, 5.74) is -4.29. The molecule has 0 N–H and O–H groups in total. The maximum Gasteiger partial charge on any atom is 0.398 e. The molecule has 0 radical (unpaired) electrons. The van der Waals surface area contributed by atoms with E-state index in [1.54, 1.807) is 0 Å². The number of hydrogen-bond acceptors (Lipinski definition) is 1. The lowest BCUT2D eigenvalue weighted by Gasteiger charge is -2.30. The largest absolute Gasteiger partial charge is 0.398 e. The predicted octanol–water partition coefficient (Wildman–Crippen LogP) is 4.22. The molecule has 2 atom stereocenters. The molecule has 1 aliphatic rings. The lowest BCUT2D eigenvalue weighted by Crippen LogP contribution is -2.55. The second kappa shape index (κ2) is 4.03. The Kier molecular flexibility index (Phi) is 3.46. The minimum atomic E-state index is -4.87. The van der Waals surface area contributed by atoms with E-state index in [0.29, 0.717) is 0 Å². The van der Waals surface area contributed by atoms with Crippen LogP contribution in [0.15, 0.2) is 0 Å². The van der Waals surface area contributed by atoms with Gasteiger partial charge in [0.05, 0.1) is 0 Å². The summed E-state index contributed by atoms with van der Waals surface area (Å²) in [4.78, 5) is 0. The molecule has 102 valence electrons. The Bertz CT molecular complexity index is 295. The Hall–Kier alpha value is -0.460. The van der Waals surface area contributed by atoms with E-state index in [-0.39, 0.29) is 12.8 Å². The molecule has 0 aliphatic carbocycles. The van der Waals surface area contributed by atoms with Crippen LogP contribution in [0.25, 0.3) is 0 Å². The first-order chi connectivity index (χ1) is 7.58. The molecular formula is C10H14F6O. The number of halogens is 6. The van der Waals surface area contributed by atoms with Crippen LogP contribution in [-0.4, -0.2) is 23.6 Å². The van der Waals surface area contributed by atoms with E-state index in [2.05, 4.69) is 4.74 Å². The monoisotopic (exact) mass is 264 g/mol.